The average molecular weight is 282 g/mol. The Kier molecular flexibility index (Phi) is 4.05. The number of anilines is 3. The molecule has 21 heavy (non-hydrogen) atoms. The van der Waals surface area contributed by atoms with E-state index in [0.29, 0.717) is 5.69 Å². The molecule has 0 saturated heterocycles. The molecule has 0 atom stereocenters. The van der Waals surface area contributed by atoms with Gasteiger partial charge in [-0.3, -0.25) is 10.1 Å². The summed E-state index contributed by atoms with van der Waals surface area (Å²) in [6, 6.07) is 14.0. The van der Waals surface area contributed by atoms with Crippen LogP contribution in [0, 0.1) is 21.4 Å². The minimum atomic E-state index is -0.561. The van der Waals surface area contributed by atoms with Crippen LogP contribution in [-0.2, 0) is 0 Å². The summed E-state index contributed by atoms with van der Waals surface area (Å²) in [6.45, 7) is 0. The first kappa shape index (κ1) is 14.3. The van der Waals surface area contributed by atoms with E-state index < -0.39 is 4.92 Å². The van der Waals surface area contributed by atoms with Gasteiger partial charge >= 0.3 is 0 Å². The number of nitriles is 1. The highest BCUT2D eigenvalue weighted by molar-refractivity contribution is 5.68. The van der Waals surface area contributed by atoms with Crippen LogP contribution in [0.1, 0.15) is 5.56 Å². The molecule has 0 saturated carbocycles. The third-order valence-corrected chi connectivity index (χ3v) is 2.96. The number of nitro groups is 1. The van der Waals surface area contributed by atoms with E-state index in [1.807, 2.05) is 49.3 Å². The minimum Gasteiger partial charge on any atom is -0.378 e. The lowest BCUT2D eigenvalue weighted by atomic mass is 10.1. The molecule has 2 aromatic rings. The predicted molar refractivity (Wildman–Crippen MR) is 81.9 cm³/mol. The molecular weight excluding hydrogens is 268 g/mol. The van der Waals surface area contributed by atoms with E-state index in [1.54, 1.807) is 6.07 Å². The molecule has 6 heteroatoms. The van der Waals surface area contributed by atoms with Crippen LogP contribution < -0.4 is 10.2 Å². The number of rotatable bonds is 4. The lowest BCUT2D eigenvalue weighted by Gasteiger charge is -2.14. The zero-order chi connectivity index (χ0) is 15.4. The number of nitro benzene ring substituents is 1. The molecule has 2 rings (SSSR count). The fourth-order valence-corrected chi connectivity index (χ4v) is 1.89. The summed E-state index contributed by atoms with van der Waals surface area (Å²) in [5.41, 5.74) is 2.35. The van der Waals surface area contributed by atoms with Crippen molar-refractivity contribution in [3.05, 3.63) is 58.1 Å². The zero-order valence-electron chi connectivity index (χ0n) is 11.7. The van der Waals surface area contributed by atoms with E-state index in [2.05, 4.69) is 5.32 Å². The standard InChI is InChI=1S/C15H14N4O2/c1-18(2)14-5-3-4-12(9-14)17-13-6-7-15(19(20)21)11(8-13)10-16/h3-9,17H,1-2H3. The van der Waals surface area contributed by atoms with Crippen LogP contribution in [0.15, 0.2) is 42.5 Å². The maximum atomic E-state index is 10.8. The van der Waals surface area contributed by atoms with Crippen molar-refractivity contribution in [2.75, 3.05) is 24.3 Å². The first-order chi connectivity index (χ1) is 10.0. The van der Waals surface area contributed by atoms with Gasteiger partial charge in [-0.2, -0.15) is 5.26 Å². The van der Waals surface area contributed by atoms with Gasteiger partial charge in [0.15, 0.2) is 0 Å². The molecule has 0 radical (unpaired) electrons. The molecule has 0 spiro atoms. The number of hydrogen-bond acceptors (Lipinski definition) is 5. The lowest BCUT2D eigenvalue weighted by molar-refractivity contribution is -0.385. The van der Waals surface area contributed by atoms with Crippen molar-refractivity contribution in [3.63, 3.8) is 0 Å². The molecule has 0 amide bonds. The molecule has 0 bridgehead atoms. The maximum Gasteiger partial charge on any atom is 0.287 e. The largest absolute Gasteiger partial charge is 0.378 e. The second-order valence-corrected chi connectivity index (χ2v) is 4.67. The Morgan fingerprint density at radius 3 is 2.52 bits per heavy atom. The highest BCUT2D eigenvalue weighted by atomic mass is 16.6. The Balaban J connectivity index is 2.30. The van der Waals surface area contributed by atoms with Gasteiger partial charge in [0, 0.05) is 37.2 Å². The number of benzene rings is 2. The van der Waals surface area contributed by atoms with Crippen molar-refractivity contribution < 1.29 is 4.92 Å². The molecular formula is C15H14N4O2. The van der Waals surface area contributed by atoms with E-state index in [4.69, 9.17) is 5.26 Å². The highest BCUT2D eigenvalue weighted by Gasteiger charge is 2.13. The molecule has 6 nitrogen and oxygen atoms in total. The van der Waals surface area contributed by atoms with E-state index in [9.17, 15) is 10.1 Å². The molecule has 2 aromatic carbocycles. The molecule has 1 N–H and O–H groups in total. The van der Waals surface area contributed by atoms with Crippen LogP contribution in [0.4, 0.5) is 22.7 Å². The van der Waals surface area contributed by atoms with Crippen molar-refractivity contribution in [2.45, 2.75) is 0 Å². The van der Waals surface area contributed by atoms with Gasteiger partial charge < -0.3 is 10.2 Å². The van der Waals surface area contributed by atoms with E-state index in [0.717, 1.165) is 11.4 Å². The summed E-state index contributed by atoms with van der Waals surface area (Å²) in [7, 11) is 3.89. The number of hydrogen-bond donors (Lipinski definition) is 1. The fourth-order valence-electron chi connectivity index (χ4n) is 1.89. The van der Waals surface area contributed by atoms with Gasteiger partial charge in [0.25, 0.3) is 5.69 Å². The first-order valence-corrected chi connectivity index (χ1v) is 6.24. The summed E-state index contributed by atoms with van der Waals surface area (Å²) in [6.07, 6.45) is 0. The Labute approximate surface area is 122 Å². The minimum absolute atomic E-state index is 0.0359. The predicted octanol–water partition coefficient (Wildman–Crippen LogP) is 3.28. The molecule has 0 heterocycles. The van der Waals surface area contributed by atoms with Gasteiger partial charge in [-0.1, -0.05) is 6.07 Å². The van der Waals surface area contributed by atoms with Crippen molar-refractivity contribution in [2.24, 2.45) is 0 Å². The topological polar surface area (TPSA) is 82.2 Å². The Bertz CT molecular complexity index is 720. The van der Waals surface area contributed by atoms with Gasteiger partial charge in [0.1, 0.15) is 11.6 Å². The zero-order valence-corrected chi connectivity index (χ0v) is 11.7. The second-order valence-electron chi connectivity index (χ2n) is 4.67. The molecule has 0 aliphatic carbocycles. The average Bonchev–Trinajstić information content (AvgIpc) is 2.47. The van der Waals surface area contributed by atoms with Gasteiger partial charge in [0.2, 0.25) is 0 Å². The molecule has 0 fully saturated rings. The summed E-state index contributed by atoms with van der Waals surface area (Å²) in [5, 5.41) is 22.9. The maximum absolute atomic E-state index is 10.8. The molecule has 0 aromatic heterocycles. The molecule has 0 aliphatic rings. The fraction of sp³-hybridized carbons (Fsp3) is 0.133. The van der Waals surface area contributed by atoms with Crippen LogP contribution in [-0.4, -0.2) is 19.0 Å². The Hall–Kier alpha value is -3.07. The van der Waals surface area contributed by atoms with E-state index in [-0.39, 0.29) is 11.3 Å². The van der Waals surface area contributed by atoms with Crippen molar-refractivity contribution in [1.29, 1.82) is 5.26 Å². The molecule has 106 valence electrons. The van der Waals surface area contributed by atoms with Crippen molar-refractivity contribution >= 4 is 22.7 Å². The van der Waals surface area contributed by atoms with Crippen LogP contribution in [0.3, 0.4) is 0 Å². The number of nitrogens with one attached hydrogen (secondary N) is 1. The number of nitrogens with zero attached hydrogens (tertiary/aromatic N) is 3. The SMILES string of the molecule is CN(C)c1cccc(Nc2ccc([N+](=O)[O-])c(C#N)c2)c1. The van der Waals surface area contributed by atoms with Gasteiger partial charge in [-0.25, -0.2) is 0 Å². The van der Waals surface area contributed by atoms with Crippen molar-refractivity contribution in [1.82, 2.24) is 0 Å². The van der Waals surface area contributed by atoms with Crippen LogP contribution in [0.5, 0.6) is 0 Å². The van der Waals surface area contributed by atoms with Gasteiger partial charge in [-0.15, -0.1) is 0 Å². The van der Waals surface area contributed by atoms with E-state index in [1.165, 1.54) is 12.1 Å². The quantitative estimate of drug-likeness (QED) is 0.687. The Morgan fingerprint density at radius 1 is 1.19 bits per heavy atom. The second kappa shape index (κ2) is 5.92. The van der Waals surface area contributed by atoms with Gasteiger partial charge in [-0.05, 0) is 30.3 Å². The van der Waals surface area contributed by atoms with E-state index >= 15 is 0 Å². The van der Waals surface area contributed by atoms with Crippen LogP contribution >= 0.6 is 0 Å². The van der Waals surface area contributed by atoms with Gasteiger partial charge in [0.05, 0.1) is 4.92 Å². The van der Waals surface area contributed by atoms with Crippen LogP contribution in [0.25, 0.3) is 0 Å². The molecule has 0 unspecified atom stereocenters. The monoisotopic (exact) mass is 282 g/mol. The smallest absolute Gasteiger partial charge is 0.287 e. The normalized spacial score (nSPS) is 9.76. The van der Waals surface area contributed by atoms with Crippen LogP contribution in [0.2, 0.25) is 0 Å². The summed E-state index contributed by atoms with van der Waals surface area (Å²) >= 11 is 0. The van der Waals surface area contributed by atoms with Crippen molar-refractivity contribution in [3.8, 4) is 6.07 Å². The third-order valence-electron chi connectivity index (χ3n) is 2.96. The Morgan fingerprint density at radius 2 is 1.90 bits per heavy atom. The molecule has 0 aliphatic heterocycles. The third kappa shape index (κ3) is 3.28. The summed E-state index contributed by atoms with van der Waals surface area (Å²) < 4.78 is 0. The highest BCUT2D eigenvalue weighted by Crippen LogP contribution is 2.26. The summed E-state index contributed by atoms with van der Waals surface area (Å²) in [5.74, 6) is 0. The first-order valence-electron chi connectivity index (χ1n) is 6.24. The lowest BCUT2D eigenvalue weighted by Crippen LogP contribution is -2.08. The summed E-state index contributed by atoms with van der Waals surface area (Å²) in [4.78, 5) is 12.2.